The summed E-state index contributed by atoms with van der Waals surface area (Å²) in [6.07, 6.45) is 0. The van der Waals surface area contributed by atoms with E-state index in [2.05, 4.69) is 18.9 Å². The molecule has 0 radical (unpaired) electrons. The van der Waals surface area contributed by atoms with E-state index in [1.807, 2.05) is 0 Å². The van der Waals surface area contributed by atoms with E-state index in [1.165, 1.54) is 32.4 Å². The van der Waals surface area contributed by atoms with E-state index in [9.17, 15) is 18.0 Å². The zero-order valence-electron chi connectivity index (χ0n) is 12.7. The molecule has 0 bridgehead atoms. The number of anilines is 1. The van der Waals surface area contributed by atoms with Crippen molar-refractivity contribution in [2.45, 2.75) is 19.9 Å². The van der Waals surface area contributed by atoms with Crippen LogP contribution in [-0.4, -0.2) is 40.6 Å². The molecule has 0 aliphatic heterocycles. The van der Waals surface area contributed by atoms with Gasteiger partial charge in [0.05, 0.1) is 31.0 Å². The van der Waals surface area contributed by atoms with Gasteiger partial charge in [-0.3, -0.25) is 4.72 Å². The topological polar surface area (TPSA) is 111 Å². The van der Waals surface area contributed by atoms with E-state index in [1.54, 1.807) is 13.8 Å². The van der Waals surface area contributed by atoms with Crippen LogP contribution in [0.15, 0.2) is 18.2 Å². The van der Waals surface area contributed by atoms with Crippen molar-refractivity contribution in [3.05, 3.63) is 29.3 Å². The third kappa shape index (κ3) is 4.71. The summed E-state index contributed by atoms with van der Waals surface area (Å²) < 4.78 is 37.5. The average molecular weight is 330 g/mol. The second kappa shape index (κ2) is 7.23. The lowest BCUT2D eigenvalue weighted by Crippen LogP contribution is -2.35. The van der Waals surface area contributed by atoms with Crippen LogP contribution >= 0.6 is 0 Å². The molecule has 0 aliphatic carbocycles. The molecule has 1 aromatic carbocycles. The zero-order valence-corrected chi connectivity index (χ0v) is 13.5. The Morgan fingerprint density at radius 1 is 1.09 bits per heavy atom. The summed E-state index contributed by atoms with van der Waals surface area (Å²) in [6, 6.07) is 3.48. The van der Waals surface area contributed by atoms with Gasteiger partial charge in [-0.05, 0) is 32.0 Å². The van der Waals surface area contributed by atoms with Crippen LogP contribution < -0.4 is 9.44 Å². The molecule has 8 nitrogen and oxygen atoms in total. The van der Waals surface area contributed by atoms with Crippen molar-refractivity contribution in [2.24, 2.45) is 0 Å². The summed E-state index contributed by atoms with van der Waals surface area (Å²) in [5.41, 5.74) is -0.00964. The van der Waals surface area contributed by atoms with E-state index in [4.69, 9.17) is 0 Å². The molecule has 22 heavy (non-hydrogen) atoms. The minimum Gasteiger partial charge on any atom is -0.465 e. The fourth-order valence-corrected chi connectivity index (χ4v) is 2.78. The van der Waals surface area contributed by atoms with E-state index < -0.39 is 22.1 Å². The Balaban J connectivity index is 3.28. The molecule has 0 amide bonds. The number of methoxy groups -OCH3 is 2. The van der Waals surface area contributed by atoms with Crippen molar-refractivity contribution in [1.29, 1.82) is 0 Å². The first kappa shape index (κ1) is 17.9. The molecule has 9 heteroatoms. The first-order valence-corrected chi connectivity index (χ1v) is 7.79. The van der Waals surface area contributed by atoms with Gasteiger partial charge in [0.25, 0.3) is 10.2 Å². The Hall–Kier alpha value is -2.13. The average Bonchev–Trinajstić information content (AvgIpc) is 2.43. The number of nitrogens with one attached hydrogen (secondary N) is 2. The Morgan fingerprint density at radius 2 is 1.68 bits per heavy atom. The molecule has 1 rings (SSSR count). The molecule has 0 spiro atoms. The number of carbonyl (C=O) groups excluding carboxylic acids is 2. The predicted molar refractivity (Wildman–Crippen MR) is 79.9 cm³/mol. The number of hydrogen-bond acceptors (Lipinski definition) is 6. The van der Waals surface area contributed by atoms with Crippen LogP contribution in [0.4, 0.5) is 5.69 Å². The Labute approximate surface area is 129 Å². The van der Waals surface area contributed by atoms with Gasteiger partial charge in [-0.1, -0.05) is 0 Å². The second-order valence-corrected chi connectivity index (χ2v) is 6.07. The van der Waals surface area contributed by atoms with Gasteiger partial charge in [0, 0.05) is 6.04 Å². The lowest BCUT2D eigenvalue weighted by molar-refractivity contribution is 0.0587. The maximum atomic E-state index is 11.9. The summed E-state index contributed by atoms with van der Waals surface area (Å²) in [4.78, 5) is 23.2. The van der Waals surface area contributed by atoms with Gasteiger partial charge in [0.1, 0.15) is 0 Å². The summed E-state index contributed by atoms with van der Waals surface area (Å²) in [7, 11) is -1.54. The highest BCUT2D eigenvalue weighted by molar-refractivity contribution is 7.90. The van der Waals surface area contributed by atoms with Crippen molar-refractivity contribution < 1.29 is 27.5 Å². The molecule has 0 saturated carbocycles. The number of hydrogen-bond donors (Lipinski definition) is 2. The minimum absolute atomic E-state index is 0.0238. The van der Waals surface area contributed by atoms with Gasteiger partial charge in [-0.25, -0.2) is 9.59 Å². The van der Waals surface area contributed by atoms with Crippen LogP contribution in [0.1, 0.15) is 34.6 Å². The first-order chi connectivity index (χ1) is 10.2. The molecule has 0 atom stereocenters. The molecule has 0 saturated heterocycles. The largest absolute Gasteiger partial charge is 0.465 e. The third-order valence-corrected chi connectivity index (χ3v) is 3.75. The Bertz CT molecular complexity index is 669. The first-order valence-electron chi connectivity index (χ1n) is 6.31. The summed E-state index contributed by atoms with van der Waals surface area (Å²) >= 11 is 0. The molecule has 0 unspecified atom stereocenters. The third-order valence-electron chi connectivity index (χ3n) is 2.48. The molecular weight excluding hydrogens is 312 g/mol. The van der Waals surface area contributed by atoms with Gasteiger partial charge in [0.2, 0.25) is 0 Å². The maximum Gasteiger partial charge on any atom is 0.339 e. The highest BCUT2D eigenvalue weighted by Crippen LogP contribution is 2.20. The van der Waals surface area contributed by atoms with E-state index >= 15 is 0 Å². The molecule has 0 aromatic heterocycles. The Morgan fingerprint density at radius 3 is 2.18 bits per heavy atom. The molecule has 0 heterocycles. The fraction of sp³-hybridized carbons (Fsp3) is 0.385. The number of esters is 2. The maximum absolute atomic E-state index is 11.9. The van der Waals surface area contributed by atoms with E-state index in [0.717, 1.165) is 0 Å². The minimum atomic E-state index is -3.91. The van der Waals surface area contributed by atoms with Crippen molar-refractivity contribution in [2.75, 3.05) is 18.9 Å². The molecule has 122 valence electrons. The highest BCUT2D eigenvalue weighted by Gasteiger charge is 2.20. The van der Waals surface area contributed by atoms with Crippen LogP contribution in [0.5, 0.6) is 0 Å². The van der Waals surface area contributed by atoms with Crippen LogP contribution in [0.2, 0.25) is 0 Å². The molecule has 0 fully saturated rings. The van der Waals surface area contributed by atoms with Crippen molar-refractivity contribution >= 4 is 27.8 Å². The number of rotatable bonds is 6. The number of carbonyl (C=O) groups is 2. The predicted octanol–water partition coefficient (Wildman–Crippen LogP) is 0.914. The molecule has 1 aromatic rings. The normalized spacial score (nSPS) is 11.1. The standard InChI is InChI=1S/C13H18N2O6S/c1-8(2)14-22(18,19)15-11-7-9(12(16)20-3)5-6-10(11)13(17)21-4/h5-8,14-15H,1-4H3. The SMILES string of the molecule is COC(=O)c1ccc(C(=O)OC)c(NS(=O)(=O)NC(C)C)c1. The highest BCUT2D eigenvalue weighted by atomic mass is 32.2. The van der Waals surface area contributed by atoms with Crippen molar-refractivity contribution in [1.82, 2.24) is 4.72 Å². The summed E-state index contributed by atoms with van der Waals surface area (Å²) in [6.45, 7) is 3.29. The van der Waals surface area contributed by atoms with Crippen molar-refractivity contribution in [3.8, 4) is 0 Å². The number of ether oxygens (including phenoxy) is 2. The van der Waals surface area contributed by atoms with Crippen LogP contribution in [0.25, 0.3) is 0 Å². The van der Waals surface area contributed by atoms with Gasteiger partial charge >= 0.3 is 11.9 Å². The lowest BCUT2D eigenvalue weighted by Gasteiger charge is -2.14. The summed E-state index contributed by atoms with van der Waals surface area (Å²) in [5.74, 6) is -1.40. The van der Waals surface area contributed by atoms with Gasteiger partial charge < -0.3 is 9.47 Å². The summed E-state index contributed by atoms with van der Waals surface area (Å²) in [5, 5.41) is 0. The quantitative estimate of drug-likeness (QED) is 0.750. The van der Waals surface area contributed by atoms with E-state index in [-0.39, 0.29) is 22.9 Å². The molecule has 0 aliphatic rings. The van der Waals surface area contributed by atoms with Crippen LogP contribution in [0, 0.1) is 0 Å². The smallest absolute Gasteiger partial charge is 0.339 e. The monoisotopic (exact) mass is 330 g/mol. The van der Waals surface area contributed by atoms with Gasteiger partial charge in [-0.15, -0.1) is 0 Å². The zero-order chi connectivity index (χ0) is 16.9. The van der Waals surface area contributed by atoms with Gasteiger partial charge in [-0.2, -0.15) is 13.1 Å². The second-order valence-electron chi connectivity index (χ2n) is 4.62. The fourth-order valence-electron chi connectivity index (χ4n) is 1.65. The van der Waals surface area contributed by atoms with Crippen molar-refractivity contribution in [3.63, 3.8) is 0 Å². The molecular formula is C13H18N2O6S. The van der Waals surface area contributed by atoms with Crippen LogP contribution in [-0.2, 0) is 19.7 Å². The molecule has 2 N–H and O–H groups in total. The van der Waals surface area contributed by atoms with Gasteiger partial charge in [0.15, 0.2) is 0 Å². The van der Waals surface area contributed by atoms with Crippen LogP contribution in [0.3, 0.4) is 0 Å². The number of benzene rings is 1. The lowest BCUT2D eigenvalue weighted by atomic mass is 10.1. The Kier molecular flexibility index (Phi) is 5.89. The van der Waals surface area contributed by atoms with E-state index in [0.29, 0.717) is 0 Å².